The number of hydrogen-bond acceptors (Lipinski definition) is 4. The fraction of sp³-hybridized carbons (Fsp3) is 0.944. The van der Waals surface area contributed by atoms with Gasteiger partial charge in [0.2, 0.25) is 5.91 Å². The number of hydrogen-bond donors (Lipinski definition) is 4. The second-order valence-corrected chi connectivity index (χ2v) is 18.8. The molecule has 0 radical (unpaired) electrons. The summed E-state index contributed by atoms with van der Waals surface area (Å²) in [4.78, 5) is 12.5. The zero-order chi connectivity index (χ0) is 43.0. The van der Waals surface area contributed by atoms with E-state index in [9.17, 15) is 20.1 Å². The van der Waals surface area contributed by atoms with Gasteiger partial charge in [-0.2, -0.15) is 0 Å². The molecular formula is C54H107NO4. The summed E-state index contributed by atoms with van der Waals surface area (Å²) in [5.74, 6) is -0.148. The molecule has 0 aromatic rings. The van der Waals surface area contributed by atoms with Crippen LogP contribution in [0.3, 0.4) is 0 Å². The summed E-state index contributed by atoms with van der Waals surface area (Å²) in [7, 11) is 0. The Bertz CT molecular complexity index is 833. The van der Waals surface area contributed by atoms with Gasteiger partial charge in [0.1, 0.15) is 6.10 Å². The first-order valence-electron chi connectivity index (χ1n) is 27.0. The SMILES string of the molecule is CCCCCCCCCC/C=C/CCCC(O)C(O)C(CO)NC(=O)CCCCCCCCCCCCCCCCCCCCCCCCCCCCCCCCCC. The summed E-state index contributed by atoms with van der Waals surface area (Å²) in [5.41, 5.74) is 0. The monoisotopic (exact) mass is 834 g/mol. The molecule has 1 amide bonds. The topological polar surface area (TPSA) is 89.8 Å². The minimum atomic E-state index is -1.15. The molecule has 0 aliphatic rings. The second kappa shape index (κ2) is 49.7. The highest BCUT2D eigenvalue weighted by molar-refractivity contribution is 5.76. The first-order valence-corrected chi connectivity index (χ1v) is 27.0. The first-order chi connectivity index (χ1) is 29.1. The molecule has 0 aromatic carbocycles. The van der Waals surface area contributed by atoms with E-state index in [0.29, 0.717) is 12.8 Å². The molecule has 0 aliphatic heterocycles. The van der Waals surface area contributed by atoms with Crippen LogP contribution in [-0.2, 0) is 4.79 Å². The summed E-state index contributed by atoms with van der Waals surface area (Å²) in [5, 5.41) is 33.6. The summed E-state index contributed by atoms with van der Waals surface area (Å²) in [6, 6.07) is -0.821. The van der Waals surface area contributed by atoms with Crippen LogP contribution in [0.1, 0.15) is 303 Å². The van der Waals surface area contributed by atoms with Crippen LogP contribution in [0.25, 0.3) is 0 Å². The zero-order valence-corrected chi connectivity index (χ0v) is 40.2. The van der Waals surface area contributed by atoms with E-state index in [1.165, 1.54) is 238 Å². The molecule has 0 aliphatic carbocycles. The third kappa shape index (κ3) is 44.9. The number of aliphatic hydroxyl groups is 3. The molecule has 0 heterocycles. The minimum Gasteiger partial charge on any atom is -0.394 e. The molecule has 4 N–H and O–H groups in total. The predicted molar refractivity (Wildman–Crippen MR) is 259 cm³/mol. The van der Waals surface area contributed by atoms with E-state index in [1.54, 1.807) is 0 Å². The van der Waals surface area contributed by atoms with Crippen LogP contribution in [0.15, 0.2) is 12.2 Å². The minimum absolute atomic E-state index is 0.148. The lowest BCUT2D eigenvalue weighted by Gasteiger charge is -2.26. The average Bonchev–Trinajstić information content (AvgIpc) is 3.24. The van der Waals surface area contributed by atoms with Crippen molar-refractivity contribution in [2.75, 3.05) is 6.61 Å². The standard InChI is InChI=1S/C54H107NO4/c1-3-5-7-9-11-13-15-17-18-19-20-21-22-23-24-25-26-27-28-29-30-31-32-33-34-35-37-39-41-43-45-47-49-53(58)55-51(50-56)54(59)52(57)48-46-44-42-40-38-36-16-14-12-10-8-6-4-2/h40,42,51-52,54,56-57,59H,3-39,41,43-50H2,1-2H3,(H,55,58)/b42-40+. The summed E-state index contributed by atoms with van der Waals surface area (Å²) >= 11 is 0. The molecule has 352 valence electrons. The Morgan fingerprint density at radius 1 is 0.407 bits per heavy atom. The number of unbranched alkanes of at least 4 members (excludes halogenated alkanes) is 40. The average molecular weight is 834 g/mol. The van der Waals surface area contributed by atoms with Gasteiger partial charge in [-0.3, -0.25) is 4.79 Å². The van der Waals surface area contributed by atoms with Crippen molar-refractivity contribution in [1.29, 1.82) is 0 Å². The van der Waals surface area contributed by atoms with Crippen LogP contribution in [0, 0.1) is 0 Å². The van der Waals surface area contributed by atoms with Crippen LogP contribution in [0.2, 0.25) is 0 Å². The summed E-state index contributed by atoms with van der Waals surface area (Å²) in [6.07, 6.45) is 60.9. The Balaban J connectivity index is 3.45. The Morgan fingerprint density at radius 3 is 0.983 bits per heavy atom. The Labute approximate surface area is 369 Å². The van der Waals surface area contributed by atoms with Crippen molar-refractivity contribution >= 4 is 5.91 Å². The number of carbonyl (C=O) groups excluding carboxylic acids is 1. The third-order valence-corrected chi connectivity index (χ3v) is 12.9. The van der Waals surface area contributed by atoms with Crippen LogP contribution >= 0.6 is 0 Å². The quantitative estimate of drug-likeness (QED) is 0.0363. The highest BCUT2D eigenvalue weighted by atomic mass is 16.3. The number of carbonyl (C=O) groups is 1. The number of rotatable bonds is 50. The lowest BCUT2D eigenvalue weighted by Crippen LogP contribution is -2.50. The fourth-order valence-electron chi connectivity index (χ4n) is 8.70. The maximum absolute atomic E-state index is 12.5. The molecule has 59 heavy (non-hydrogen) atoms. The van der Waals surface area contributed by atoms with E-state index in [2.05, 4.69) is 31.3 Å². The van der Waals surface area contributed by atoms with Crippen LogP contribution in [0.5, 0.6) is 0 Å². The maximum atomic E-state index is 12.5. The summed E-state index contributed by atoms with van der Waals surface area (Å²) < 4.78 is 0. The number of aliphatic hydroxyl groups excluding tert-OH is 3. The molecular weight excluding hydrogens is 727 g/mol. The highest BCUT2D eigenvalue weighted by Crippen LogP contribution is 2.18. The zero-order valence-electron chi connectivity index (χ0n) is 40.2. The van der Waals surface area contributed by atoms with E-state index < -0.39 is 18.2 Å². The summed E-state index contributed by atoms with van der Waals surface area (Å²) in [6.45, 7) is 4.19. The van der Waals surface area contributed by atoms with Gasteiger partial charge >= 0.3 is 0 Å². The Hall–Kier alpha value is -0.910. The lowest BCUT2D eigenvalue weighted by atomic mass is 10.0. The molecule has 0 bridgehead atoms. The van der Waals surface area contributed by atoms with Gasteiger partial charge in [-0.1, -0.05) is 270 Å². The van der Waals surface area contributed by atoms with Crippen LogP contribution < -0.4 is 5.32 Å². The second-order valence-electron chi connectivity index (χ2n) is 18.8. The lowest BCUT2D eigenvalue weighted by molar-refractivity contribution is -0.124. The van der Waals surface area contributed by atoms with Crippen molar-refractivity contribution in [3.63, 3.8) is 0 Å². The fourth-order valence-corrected chi connectivity index (χ4v) is 8.70. The predicted octanol–water partition coefficient (Wildman–Crippen LogP) is 16.3. The van der Waals surface area contributed by atoms with E-state index in [4.69, 9.17) is 0 Å². The number of amides is 1. The smallest absolute Gasteiger partial charge is 0.220 e. The van der Waals surface area contributed by atoms with E-state index >= 15 is 0 Å². The molecule has 0 aromatic heterocycles. The molecule has 3 unspecified atom stereocenters. The van der Waals surface area contributed by atoms with Gasteiger partial charge < -0.3 is 20.6 Å². The van der Waals surface area contributed by atoms with Crippen molar-refractivity contribution in [1.82, 2.24) is 5.32 Å². The van der Waals surface area contributed by atoms with E-state index in [0.717, 1.165) is 38.5 Å². The molecule has 0 rings (SSSR count). The van der Waals surface area contributed by atoms with Crippen molar-refractivity contribution in [2.24, 2.45) is 0 Å². The maximum Gasteiger partial charge on any atom is 0.220 e. The van der Waals surface area contributed by atoms with Crippen molar-refractivity contribution in [3.8, 4) is 0 Å². The highest BCUT2D eigenvalue weighted by Gasteiger charge is 2.26. The van der Waals surface area contributed by atoms with Gasteiger partial charge in [-0.15, -0.1) is 0 Å². The van der Waals surface area contributed by atoms with E-state index in [-0.39, 0.29) is 12.5 Å². The van der Waals surface area contributed by atoms with Crippen molar-refractivity contribution in [2.45, 2.75) is 321 Å². The normalized spacial score (nSPS) is 13.4. The van der Waals surface area contributed by atoms with Crippen molar-refractivity contribution < 1.29 is 20.1 Å². The molecule has 0 fully saturated rings. The molecule has 5 nitrogen and oxygen atoms in total. The number of nitrogens with one attached hydrogen (secondary N) is 1. The van der Waals surface area contributed by atoms with Gasteiger partial charge in [0.25, 0.3) is 0 Å². The largest absolute Gasteiger partial charge is 0.394 e. The van der Waals surface area contributed by atoms with Gasteiger partial charge in [0, 0.05) is 6.42 Å². The van der Waals surface area contributed by atoms with Crippen LogP contribution in [-0.4, -0.2) is 46.1 Å². The number of allylic oxidation sites excluding steroid dienone is 2. The van der Waals surface area contributed by atoms with Gasteiger partial charge in [-0.25, -0.2) is 0 Å². The van der Waals surface area contributed by atoms with Gasteiger partial charge in [0.15, 0.2) is 0 Å². The Kier molecular flexibility index (Phi) is 49.0. The van der Waals surface area contributed by atoms with Gasteiger partial charge in [-0.05, 0) is 38.5 Å². The van der Waals surface area contributed by atoms with Crippen LogP contribution in [0.4, 0.5) is 0 Å². The van der Waals surface area contributed by atoms with Gasteiger partial charge in [0.05, 0.1) is 18.8 Å². The first kappa shape index (κ1) is 58.1. The molecule has 0 saturated heterocycles. The third-order valence-electron chi connectivity index (χ3n) is 12.9. The molecule has 0 spiro atoms. The van der Waals surface area contributed by atoms with E-state index in [1.807, 2.05) is 0 Å². The molecule has 5 heteroatoms. The van der Waals surface area contributed by atoms with Crippen molar-refractivity contribution in [3.05, 3.63) is 12.2 Å². The molecule has 0 saturated carbocycles. The molecule has 3 atom stereocenters. The Morgan fingerprint density at radius 2 is 0.678 bits per heavy atom.